The molecule has 4 rings (SSSR count). The zero-order valence-electron chi connectivity index (χ0n) is 17.7. The molecule has 1 heterocycles. The van der Waals surface area contributed by atoms with Gasteiger partial charge in [-0.25, -0.2) is 14.0 Å². The van der Waals surface area contributed by atoms with Gasteiger partial charge in [-0.1, -0.05) is 54.6 Å². The molecule has 0 unspecified atom stereocenters. The van der Waals surface area contributed by atoms with Crippen LogP contribution in [0.2, 0.25) is 0 Å². The van der Waals surface area contributed by atoms with Crippen molar-refractivity contribution in [3.63, 3.8) is 0 Å². The summed E-state index contributed by atoms with van der Waals surface area (Å²) >= 11 is 0. The highest BCUT2D eigenvalue weighted by molar-refractivity contribution is 5.91. The van der Waals surface area contributed by atoms with Crippen molar-refractivity contribution in [3.8, 4) is 0 Å². The number of halogens is 1. The van der Waals surface area contributed by atoms with Gasteiger partial charge in [0.15, 0.2) is 0 Å². The van der Waals surface area contributed by atoms with Crippen LogP contribution in [0.5, 0.6) is 0 Å². The Morgan fingerprint density at radius 3 is 2.52 bits per heavy atom. The lowest BCUT2D eigenvalue weighted by Crippen LogP contribution is -2.25. The topological polar surface area (TPSA) is 88.1 Å². The predicted molar refractivity (Wildman–Crippen MR) is 121 cm³/mol. The molecule has 0 aliphatic carbocycles. The Morgan fingerprint density at radius 1 is 1.09 bits per heavy atom. The van der Waals surface area contributed by atoms with Crippen molar-refractivity contribution in [1.82, 2.24) is 0 Å². The Balaban J connectivity index is 1.37. The molecule has 2 N–H and O–H groups in total. The SMILES string of the molecule is O=C(Nc1ccc(N2C[C@H](CO)OC2=O)cc1F)OCc1ccccc1Cc1ccccc1. The number of aliphatic hydroxyl groups excluding tert-OH is 1. The number of nitrogens with zero attached hydrogens (tertiary/aromatic N) is 1. The van der Waals surface area contributed by atoms with Gasteiger partial charge in [-0.3, -0.25) is 10.2 Å². The maximum Gasteiger partial charge on any atom is 0.414 e. The number of hydrogen-bond acceptors (Lipinski definition) is 5. The molecule has 1 aliphatic rings. The van der Waals surface area contributed by atoms with Gasteiger partial charge in [0.1, 0.15) is 18.5 Å². The minimum atomic E-state index is -0.794. The van der Waals surface area contributed by atoms with E-state index in [1.807, 2.05) is 54.6 Å². The average molecular weight is 450 g/mol. The van der Waals surface area contributed by atoms with Crippen LogP contribution in [0.4, 0.5) is 25.4 Å². The summed E-state index contributed by atoms with van der Waals surface area (Å²) in [5, 5.41) is 11.5. The molecule has 170 valence electrons. The molecule has 0 spiro atoms. The van der Waals surface area contributed by atoms with Crippen LogP contribution in [-0.2, 0) is 22.5 Å². The summed E-state index contributed by atoms with van der Waals surface area (Å²) in [4.78, 5) is 25.3. The Labute approximate surface area is 190 Å². The molecule has 7 nitrogen and oxygen atoms in total. The summed E-state index contributed by atoms with van der Waals surface area (Å²) in [5.74, 6) is -0.728. The van der Waals surface area contributed by atoms with E-state index < -0.39 is 24.1 Å². The number of carbonyl (C=O) groups is 2. The number of amides is 2. The summed E-state index contributed by atoms with van der Waals surface area (Å²) in [6, 6.07) is 21.6. The van der Waals surface area contributed by atoms with Gasteiger partial charge in [0.05, 0.1) is 24.5 Å². The van der Waals surface area contributed by atoms with Crippen molar-refractivity contribution in [1.29, 1.82) is 0 Å². The zero-order chi connectivity index (χ0) is 23.2. The van der Waals surface area contributed by atoms with Crippen LogP contribution in [0.1, 0.15) is 16.7 Å². The summed E-state index contributed by atoms with van der Waals surface area (Å²) < 4.78 is 24.8. The van der Waals surface area contributed by atoms with E-state index in [-0.39, 0.29) is 31.1 Å². The molecule has 8 heteroatoms. The second-order valence-electron chi connectivity index (χ2n) is 7.60. The summed E-state index contributed by atoms with van der Waals surface area (Å²) in [6.07, 6.45) is -1.41. The standard InChI is InChI=1S/C25H23FN2O5/c26-22-13-20(28-14-21(15-29)33-25(28)31)10-11-23(22)27-24(30)32-16-19-9-5-4-8-18(19)12-17-6-2-1-3-7-17/h1-11,13,21,29H,12,14-16H2,(H,27,30)/t21-/m1/s1. The number of nitrogens with one attached hydrogen (secondary N) is 1. The number of anilines is 2. The quantitative estimate of drug-likeness (QED) is 0.554. The first-order valence-corrected chi connectivity index (χ1v) is 10.5. The van der Waals surface area contributed by atoms with Gasteiger partial charge in [-0.05, 0) is 41.3 Å². The Kier molecular flexibility index (Phi) is 6.85. The van der Waals surface area contributed by atoms with Crippen molar-refractivity contribution in [2.45, 2.75) is 19.1 Å². The maximum atomic E-state index is 14.5. The Morgan fingerprint density at radius 2 is 1.82 bits per heavy atom. The first-order chi connectivity index (χ1) is 16.0. The fourth-order valence-electron chi connectivity index (χ4n) is 3.58. The third-order valence-electron chi connectivity index (χ3n) is 5.29. The van der Waals surface area contributed by atoms with Crippen LogP contribution < -0.4 is 10.2 Å². The minimum absolute atomic E-state index is 0.0384. The fraction of sp³-hybridized carbons (Fsp3) is 0.200. The van der Waals surface area contributed by atoms with E-state index >= 15 is 0 Å². The number of carbonyl (C=O) groups excluding carboxylic acids is 2. The lowest BCUT2D eigenvalue weighted by Gasteiger charge is -2.15. The van der Waals surface area contributed by atoms with Gasteiger partial charge in [0.2, 0.25) is 0 Å². The van der Waals surface area contributed by atoms with Crippen LogP contribution in [-0.4, -0.2) is 36.5 Å². The molecule has 1 atom stereocenters. The molecule has 1 fully saturated rings. The molecule has 1 aliphatic heterocycles. The number of aliphatic hydroxyl groups is 1. The summed E-state index contributed by atoms with van der Waals surface area (Å²) in [5.41, 5.74) is 3.22. The van der Waals surface area contributed by atoms with Gasteiger partial charge in [-0.2, -0.15) is 0 Å². The molecule has 33 heavy (non-hydrogen) atoms. The van der Waals surface area contributed by atoms with Crippen molar-refractivity contribution < 1.29 is 28.6 Å². The van der Waals surface area contributed by atoms with Crippen molar-refractivity contribution in [2.75, 3.05) is 23.4 Å². The van der Waals surface area contributed by atoms with Crippen LogP contribution in [0.25, 0.3) is 0 Å². The molecular formula is C25H23FN2O5. The predicted octanol–water partition coefficient (Wildman–Crippen LogP) is 4.48. The van der Waals surface area contributed by atoms with E-state index in [1.165, 1.54) is 17.0 Å². The number of rotatable bonds is 7. The number of benzene rings is 3. The molecule has 0 radical (unpaired) electrons. The van der Waals surface area contributed by atoms with Crippen molar-refractivity contribution in [3.05, 3.63) is 95.3 Å². The first kappa shape index (κ1) is 22.3. The molecule has 2 amide bonds. The van der Waals surface area contributed by atoms with Crippen LogP contribution in [0.15, 0.2) is 72.8 Å². The van der Waals surface area contributed by atoms with E-state index in [4.69, 9.17) is 14.6 Å². The van der Waals surface area contributed by atoms with Gasteiger partial charge >= 0.3 is 12.2 Å². The summed E-state index contributed by atoms with van der Waals surface area (Å²) in [7, 11) is 0. The number of cyclic esters (lactones) is 1. The fourth-order valence-corrected chi connectivity index (χ4v) is 3.58. The van der Waals surface area contributed by atoms with E-state index in [2.05, 4.69) is 5.32 Å². The normalized spacial score (nSPS) is 15.3. The van der Waals surface area contributed by atoms with Crippen LogP contribution in [0.3, 0.4) is 0 Å². The van der Waals surface area contributed by atoms with Gasteiger partial charge in [0.25, 0.3) is 0 Å². The van der Waals surface area contributed by atoms with Crippen molar-refractivity contribution >= 4 is 23.6 Å². The van der Waals surface area contributed by atoms with Crippen LogP contribution >= 0.6 is 0 Å². The highest BCUT2D eigenvalue weighted by Gasteiger charge is 2.32. The Hall–Kier alpha value is -3.91. The lowest BCUT2D eigenvalue weighted by atomic mass is 10.0. The van der Waals surface area contributed by atoms with Crippen LogP contribution in [0, 0.1) is 5.82 Å². The van der Waals surface area contributed by atoms with E-state index in [1.54, 1.807) is 0 Å². The molecule has 3 aromatic carbocycles. The monoisotopic (exact) mass is 450 g/mol. The summed E-state index contributed by atoms with van der Waals surface area (Å²) in [6.45, 7) is -0.159. The van der Waals surface area contributed by atoms with E-state index in [0.717, 1.165) is 22.8 Å². The average Bonchev–Trinajstić information content (AvgIpc) is 3.21. The van der Waals surface area contributed by atoms with Gasteiger partial charge in [0, 0.05) is 0 Å². The second kappa shape index (κ2) is 10.1. The maximum absolute atomic E-state index is 14.5. The van der Waals surface area contributed by atoms with E-state index in [9.17, 15) is 14.0 Å². The molecular weight excluding hydrogens is 427 g/mol. The third kappa shape index (κ3) is 5.48. The van der Waals surface area contributed by atoms with Crippen molar-refractivity contribution in [2.24, 2.45) is 0 Å². The van der Waals surface area contributed by atoms with E-state index in [0.29, 0.717) is 6.42 Å². The van der Waals surface area contributed by atoms with Gasteiger partial charge in [-0.15, -0.1) is 0 Å². The molecule has 0 aromatic heterocycles. The smallest absolute Gasteiger partial charge is 0.414 e. The first-order valence-electron chi connectivity index (χ1n) is 10.5. The zero-order valence-corrected chi connectivity index (χ0v) is 17.7. The molecule has 0 saturated carbocycles. The largest absolute Gasteiger partial charge is 0.444 e. The highest BCUT2D eigenvalue weighted by Crippen LogP contribution is 2.26. The minimum Gasteiger partial charge on any atom is -0.444 e. The van der Waals surface area contributed by atoms with Gasteiger partial charge < -0.3 is 14.6 Å². The second-order valence-corrected chi connectivity index (χ2v) is 7.60. The lowest BCUT2D eigenvalue weighted by molar-refractivity contribution is 0.0963. The molecule has 0 bridgehead atoms. The number of ether oxygens (including phenoxy) is 2. The Bertz CT molecular complexity index is 1140. The number of hydrogen-bond donors (Lipinski definition) is 2. The molecule has 3 aromatic rings. The molecule has 1 saturated heterocycles. The highest BCUT2D eigenvalue weighted by atomic mass is 19.1. The third-order valence-corrected chi connectivity index (χ3v) is 5.29.